The minimum Gasteiger partial charge on any atom is -0.490 e. The highest BCUT2D eigenvalue weighted by Crippen LogP contribution is 2.49. The summed E-state index contributed by atoms with van der Waals surface area (Å²) >= 11 is 5.65. The minimum absolute atomic E-state index is 0.131. The number of ether oxygens (including phenoxy) is 2. The summed E-state index contributed by atoms with van der Waals surface area (Å²) in [4.78, 5) is 2.06. The van der Waals surface area contributed by atoms with Crippen molar-refractivity contribution in [2.75, 3.05) is 11.5 Å². The molecule has 2 aromatic rings. The summed E-state index contributed by atoms with van der Waals surface area (Å²) in [7, 11) is 0. The van der Waals surface area contributed by atoms with Gasteiger partial charge in [-0.25, -0.2) is 0 Å². The van der Waals surface area contributed by atoms with E-state index in [1.165, 1.54) is 0 Å². The van der Waals surface area contributed by atoms with E-state index in [9.17, 15) is 0 Å². The molecular formula is C19H20N2O2S. The van der Waals surface area contributed by atoms with E-state index in [4.69, 9.17) is 21.7 Å². The third kappa shape index (κ3) is 2.31. The molecule has 0 saturated carbocycles. The predicted molar refractivity (Wildman–Crippen MR) is 98.7 cm³/mol. The SMILES string of the molecule is CCOc1cccc2c1OC1(C)CC2NC(=S)N1c1ccccc1. The van der Waals surface area contributed by atoms with E-state index in [2.05, 4.69) is 23.2 Å². The quantitative estimate of drug-likeness (QED) is 0.854. The summed E-state index contributed by atoms with van der Waals surface area (Å²) in [5, 5.41) is 4.16. The molecule has 0 aromatic heterocycles. The highest BCUT2D eigenvalue weighted by molar-refractivity contribution is 7.80. The minimum atomic E-state index is -0.547. The van der Waals surface area contributed by atoms with Crippen LogP contribution in [0.3, 0.4) is 0 Å². The lowest BCUT2D eigenvalue weighted by Gasteiger charge is -2.52. The van der Waals surface area contributed by atoms with Crippen LogP contribution in [-0.2, 0) is 0 Å². The molecule has 1 fully saturated rings. The van der Waals surface area contributed by atoms with Crippen LogP contribution in [0, 0.1) is 0 Å². The zero-order chi connectivity index (χ0) is 16.7. The molecule has 2 aliphatic rings. The fraction of sp³-hybridized carbons (Fsp3) is 0.316. The third-order valence-electron chi connectivity index (χ3n) is 4.58. The van der Waals surface area contributed by atoms with Gasteiger partial charge >= 0.3 is 0 Å². The van der Waals surface area contributed by atoms with Crippen LogP contribution in [0.1, 0.15) is 31.9 Å². The van der Waals surface area contributed by atoms with E-state index in [-0.39, 0.29) is 6.04 Å². The van der Waals surface area contributed by atoms with E-state index in [0.29, 0.717) is 11.7 Å². The van der Waals surface area contributed by atoms with Gasteiger partial charge in [-0.2, -0.15) is 0 Å². The number of hydrogen-bond donors (Lipinski definition) is 1. The van der Waals surface area contributed by atoms with Crippen LogP contribution in [0.5, 0.6) is 11.5 Å². The second-order valence-electron chi connectivity index (χ2n) is 6.26. The molecule has 5 heteroatoms. The van der Waals surface area contributed by atoms with Gasteiger partial charge in [0.25, 0.3) is 0 Å². The van der Waals surface area contributed by atoms with Gasteiger partial charge < -0.3 is 14.8 Å². The molecule has 24 heavy (non-hydrogen) atoms. The van der Waals surface area contributed by atoms with Crippen LogP contribution in [-0.4, -0.2) is 17.4 Å². The molecule has 4 nitrogen and oxygen atoms in total. The standard InChI is InChI=1S/C19H20N2O2S/c1-3-22-16-11-7-10-14-15-12-19(2,23-17(14)16)21(18(24)20-15)13-8-5-4-6-9-13/h4-11,15H,3,12H2,1-2H3,(H,20,24). The molecule has 2 heterocycles. The number of nitrogens with one attached hydrogen (secondary N) is 1. The number of benzene rings is 2. The maximum Gasteiger partial charge on any atom is 0.188 e. The molecule has 2 bridgehead atoms. The second kappa shape index (κ2) is 5.67. The van der Waals surface area contributed by atoms with Crippen molar-refractivity contribution in [1.82, 2.24) is 5.32 Å². The average Bonchev–Trinajstić information content (AvgIpc) is 2.56. The van der Waals surface area contributed by atoms with Gasteiger partial charge in [0.1, 0.15) is 0 Å². The second-order valence-corrected chi connectivity index (χ2v) is 6.65. The number of anilines is 1. The van der Waals surface area contributed by atoms with Gasteiger partial charge in [0, 0.05) is 17.7 Å². The van der Waals surface area contributed by atoms with Gasteiger partial charge in [-0.15, -0.1) is 0 Å². The summed E-state index contributed by atoms with van der Waals surface area (Å²) in [5.74, 6) is 1.60. The Morgan fingerprint density at radius 2 is 2.04 bits per heavy atom. The summed E-state index contributed by atoms with van der Waals surface area (Å²) in [6, 6.07) is 16.3. The smallest absolute Gasteiger partial charge is 0.188 e. The van der Waals surface area contributed by atoms with Crippen molar-refractivity contribution in [2.45, 2.75) is 32.0 Å². The monoisotopic (exact) mass is 340 g/mol. The van der Waals surface area contributed by atoms with E-state index in [1.54, 1.807) is 0 Å². The molecule has 1 N–H and O–H groups in total. The van der Waals surface area contributed by atoms with Gasteiger partial charge in [0.05, 0.1) is 12.6 Å². The Kier molecular flexibility index (Phi) is 3.61. The first-order chi connectivity index (χ1) is 11.6. The molecular weight excluding hydrogens is 320 g/mol. The fourth-order valence-electron chi connectivity index (χ4n) is 3.60. The van der Waals surface area contributed by atoms with Crippen molar-refractivity contribution in [1.29, 1.82) is 0 Å². The third-order valence-corrected chi connectivity index (χ3v) is 4.88. The first-order valence-electron chi connectivity index (χ1n) is 8.23. The molecule has 0 amide bonds. The van der Waals surface area contributed by atoms with Crippen molar-refractivity contribution in [3.63, 3.8) is 0 Å². The van der Waals surface area contributed by atoms with Crippen molar-refractivity contribution >= 4 is 23.0 Å². The van der Waals surface area contributed by atoms with Crippen molar-refractivity contribution < 1.29 is 9.47 Å². The number of nitrogens with zero attached hydrogens (tertiary/aromatic N) is 1. The van der Waals surface area contributed by atoms with Crippen LogP contribution in [0.15, 0.2) is 48.5 Å². The molecule has 2 aromatic carbocycles. The largest absolute Gasteiger partial charge is 0.490 e. The molecule has 1 saturated heterocycles. The molecule has 2 atom stereocenters. The van der Waals surface area contributed by atoms with E-state index in [0.717, 1.165) is 29.2 Å². The Bertz CT molecular complexity index is 780. The van der Waals surface area contributed by atoms with Crippen LogP contribution in [0.25, 0.3) is 0 Å². The van der Waals surface area contributed by atoms with E-state index in [1.807, 2.05) is 49.4 Å². The van der Waals surface area contributed by atoms with Crippen LogP contribution in [0.4, 0.5) is 5.69 Å². The highest BCUT2D eigenvalue weighted by atomic mass is 32.1. The number of thiocarbonyl (C=S) groups is 1. The van der Waals surface area contributed by atoms with Gasteiger partial charge in [-0.1, -0.05) is 30.3 Å². The Morgan fingerprint density at radius 3 is 2.79 bits per heavy atom. The first kappa shape index (κ1) is 15.3. The fourth-order valence-corrected chi connectivity index (χ4v) is 4.04. The number of para-hydroxylation sites is 2. The average molecular weight is 340 g/mol. The van der Waals surface area contributed by atoms with E-state index >= 15 is 0 Å². The van der Waals surface area contributed by atoms with Gasteiger partial charge in [-0.3, -0.25) is 4.90 Å². The Labute approximate surface area is 147 Å². The van der Waals surface area contributed by atoms with Gasteiger partial charge in [0.2, 0.25) is 0 Å². The molecule has 4 rings (SSSR count). The first-order valence-corrected chi connectivity index (χ1v) is 8.64. The topological polar surface area (TPSA) is 33.7 Å². The molecule has 2 unspecified atom stereocenters. The Balaban J connectivity index is 1.81. The highest BCUT2D eigenvalue weighted by Gasteiger charge is 2.49. The van der Waals surface area contributed by atoms with Crippen molar-refractivity contribution in [2.24, 2.45) is 0 Å². The van der Waals surface area contributed by atoms with Crippen molar-refractivity contribution in [3.8, 4) is 11.5 Å². The maximum absolute atomic E-state index is 6.48. The molecule has 0 radical (unpaired) electrons. The summed E-state index contributed by atoms with van der Waals surface area (Å²) < 4.78 is 12.3. The van der Waals surface area contributed by atoms with Crippen LogP contribution >= 0.6 is 12.2 Å². The van der Waals surface area contributed by atoms with Crippen molar-refractivity contribution in [3.05, 3.63) is 54.1 Å². The van der Waals surface area contributed by atoms with Crippen LogP contribution in [0.2, 0.25) is 0 Å². The molecule has 0 spiro atoms. The number of rotatable bonds is 3. The van der Waals surface area contributed by atoms with E-state index < -0.39 is 5.72 Å². The number of fused-ring (bicyclic) bond motifs is 4. The lowest BCUT2D eigenvalue weighted by molar-refractivity contribution is 0.0457. The number of hydrogen-bond acceptors (Lipinski definition) is 3. The Morgan fingerprint density at radius 1 is 1.25 bits per heavy atom. The van der Waals surface area contributed by atoms with Crippen LogP contribution < -0.4 is 19.7 Å². The molecule has 0 aliphatic carbocycles. The Hall–Kier alpha value is -2.27. The summed E-state index contributed by atoms with van der Waals surface area (Å²) in [6.07, 6.45) is 0.810. The molecule has 2 aliphatic heterocycles. The van der Waals surface area contributed by atoms with Gasteiger partial charge in [-0.05, 0) is 44.3 Å². The lowest BCUT2D eigenvalue weighted by atomic mass is 9.90. The zero-order valence-corrected chi connectivity index (χ0v) is 14.6. The predicted octanol–water partition coefficient (Wildman–Crippen LogP) is 4.02. The van der Waals surface area contributed by atoms with Gasteiger partial charge in [0.15, 0.2) is 22.3 Å². The zero-order valence-electron chi connectivity index (χ0n) is 13.8. The molecule has 124 valence electrons. The normalized spacial score (nSPS) is 24.7. The maximum atomic E-state index is 6.48. The summed E-state index contributed by atoms with van der Waals surface area (Å²) in [6.45, 7) is 4.68. The lowest BCUT2D eigenvalue weighted by Crippen LogP contribution is -2.65. The summed E-state index contributed by atoms with van der Waals surface area (Å²) in [5.41, 5.74) is 1.58.